The Morgan fingerprint density at radius 3 is 2.71 bits per heavy atom. The summed E-state index contributed by atoms with van der Waals surface area (Å²) < 4.78 is 0. The highest BCUT2D eigenvalue weighted by Crippen LogP contribution is 2.22. The first-order chi connectivity index (χ1) is 6.49. The summed E-state index contributed by atoms with van der Waals surface area (Å²) in [7, 11) is 0. The number of nitrogens with zero attached hydrogens (tertiary/aromatic N) is 1. The second-order valence-corrected chi connectivity index (χ2v) is 3.85. The van der Waals surface area contributed by atoms with E-state index in [-0.39, 0.29) is 6.61 Å². The fraction of sp³-hybridized carbons (Fsp3) is 0.300. The van der Waals surface area contributed by atoms with Crippen molar-refractivity contribution in [2.75, 3.05) is 6.61 Å². The zero-order valence-electron chi connectivity index (χ0n) is 7.79. The number of nitriles is 1. The summed E-state index contributed by atoms with van der Waals surface area (Å²) in [5.74, 6) is 0. The van der Waals surface area contributed by atoms with Crippen LogP contribution in [0.25, 0.3) is 0 Å². The highest BCUT2D eigenvalue weighted by molar-refractivity contribution is 6.30. The summed E-state index contributed by atoms with van der Waals surface area (Å²) in [5.41, 5.74) is 6.05. The molecule has 0 amide bonds. The molecule has 3 nitrogen and oxygen atoms in total. The van der Waals surface area contributed by atoms with E-state index in [4.69, 9.17) is 27.7 Å². The van der Waals surface area contributed by atoms with E-state index < -0.39 is 5.54 Å². The smallest absolute Gasteiger partial charge is 0.0992 e. The summed E-state index contributed by atoms with van der Waals surface area (Å²) in [4.78, 5) is 0. The predicted molar refractivity (Wildman–Crippen MR) is 54.8 cm³/mol. The third-order valence-corrected chi connectivity index (χ3v) is 2.23. The molecule has 0 aliphatic carbocycles. The van der Waals surface area contributed by atoms with Gasteiger partial charge in [0.1, 0.15) is 0 Å². The van der Waals surface area contributed by atoms with Crippen molar-refractivity contribution in [1.29, 1.82) is 5.26 Å². The van der Waals surface area contributed by atoms with E-state index >= 15 is 0 Å². The molecule has 0 heterocycles. The molecular weight excluding hydrogens is 200 g/mol. The maximum Gasteiger partial charge on any atom is 0.0992 e. The van der Waals surface area contributed by atoms with Crippen molar-refractivity contribution in [2.24, 2.45) is 5.73 Å². The quantitative estimate of drug-likeness (QED) is 0.775. The summed E-state index contributed by atoms with van der Waals surface area (Å²) in [5, 5.41) is 18.2. The fourth-order valence-corrected chi connectivity index (χ4v) is 1.31. The average Bonchev–Trinajstić information content (AvgIpc) is 2.16. The van der Waals surface area contributed by atoms with Crippen molar-refractivity contribution >= 4 is 11.6 Å². The molecule has 0 fully saturated rings. The van der Waals surface area contributed by atoms with Gasteiger partial charge in [-0.05, 0) is 30.7 Å². The fourth-order valence-electron chi connectivity index (χ4n) is 1.08. The molecule has 1 rings (SSSR count). The second kappa shape index (κ2) is 3.97. The van der Waals surface area contributed by atoms with Gasteiger partial charge in [0.25, 0.3) is 0 Å². The van der Waals surface area contributed by atoms with Crippen molar-refractivity contribution < 1.29 is 5.11 Å². The van der Waals surface area contributed by atoms with E-state index in [1.165, 1.54) is 0 Å². The van der Waals surface area contributed by atoms with Gasteiger partial charge in [0.05, 0.1) is 23.8 Å². The van der Waals surface area contributed by atoms with Crippen LogP contribution in [0.2, 0.25) is 5.02 Å². The lowest BCUT2D eigenvalue weighted by molar-refractivity contribution is 0.210. The number of aliphatic hydroxyl groups is 1. The Hall–Kier alpha value is -1.08. The van der Waals surface area contributed by atoms with Gasteiger partial charge in [-0.2, -0.15) is 5.26 Å². The average molecular weight is 211 g/mol. The Balaban J connectivity index is 3.24. The molecule has 0 radical (unpaired) electrons. The number of rotatable bonds is 2. The molecule has 0 aromatic heterocycles. The van der Waals surface area contributed by atoms with Gasteiger partial charge in [0, 0.05) is 5.02 Å². The van der Waals surface area contributed by atoms with Crippen LogP contribution in [0.4, 0.5) is 0 Å². The van der Waals surface area contributed by atoms with Crippen LogP contribution in [-0.2, 0) is 5.54 Å². The Morgan fingerprint density at radius 2 is 2.21 bits per heavy atom. The molecule has 0 bridgehead atoms. The van der Waals surface area contributed by atoms with Gasteiger partial charge in [-0.1, -0.05) is 11.6 Å². The second-order valence-electron chi connectivity index (χ2n) is 3.42. The molecule has 0 unspecified atom stereocenters. The summed E-state index contributed by atoms with van der Waals surface area (Å²) in [6, 6.07) is 6.82. The van der Waals surface area contributed by atoms with Gasteiger partial charge in [0.2, 0.25) is 0 Å². The van der Waals surface area contributed by atoms with E-state index in [9.17, 15) is 0 Å². The lowest BCUT2D eigenvalue weighted by Gasteiger charge is -2.22. The number of halogens is 1. The largest absolute Gasteiger partial charge is 0.394 e. The number of hydrogen-bond acceptors (Lipinski definition) is 3. The summed E-state index contributed by atoms with van der Waals surface area (Å²) >= 11 is 5.80. The van der Waals surface area contributed by atoms with Gasteiger partial charge < -0.3 is 10.8 Å². The van der Waals surface area contributed by atoms with Gasteiger partial charge in [-0.15, -0.1) is 0 Å². The van der Waals surface area contributed by atoms with E-state index in [1.807, 2.05) is 6.07 Å². The van der Waals surface area contributed by atoms with Crippen LogP contribution in [0, 0.1) is 11.3 Å². The topological polar surface area (TPSA) is 70.0 Å². The van der Waals surface area contributed by atoms with Gasteiger partial charge >= 0.3 is 0 Å². The third kappa shape index (κ3) is 2.24. The van der Waals surface area contributed by atoms with E-state index in [0.717, 1.165) is 0 Å². The van der Waals surface area contributed by atoms with Gasteiger partial charge in [-0.25, -0.2) is 0 Å². The van der Waals surface area contributed by atoms with Crippen LogP contribution < -0.4 is 5.73 Å². The van der Waals surface area contributed by atoms with Gasteiger partial charge in [0.15, 0.2) is 0 Å². The monoisotopic (exact) mass is 210 g/mol. The first-order valence-corrected chi connectivity index (χ1v) is 4.48. The molecule has 4 heteroatoms. The Kier molecular flexibility index (Phi) is 3.12. The minimum atomic E-state index is -0.865. The standard InChI is InChI=1S/C10H11ClN2O/c1-10(13,6-14)8-2-7(5-12)3-9(11)4-8/h2-4,14H,6,13H2,1H3/t10-/m0/s1. The Bertz CT molecular complexity index is 382. The predicted octanol–water partition coefficient (Wildman–Crippen LogP) is 1.38. The number of benzene rings is 1. The third-order valence-electron chi connectivity index (χ3n) is 2.01. The first kappa shape index (κ1) is 11.0. The van der Waals surface area contributed by atoms with E-state index in [1.54, 1.807) is 25.1 Å². The highest BCUT2D eigenvalue weighted by Gasteiger charge is 2.20. The molecule has 3 N–H and O–H groups in total. The van der Waals surface area contributed by atoms with Crippen LogP contribution in [0.15, 0.2) is 18.2 Å². The van der Waals surface area contributed by atoms with Crippen LogP contribution in [0.1, 0.15) is 18.1 Å². The molecule has 1 atom stereocenters. The molecule has 0 saturated carbocycles. The maximum atomic E-state index is 9.05. The zero-order valence-corrected chi connectivity index (χ0v) is 8.54. The molecular formula is C10H11ClN2O. The van der Waals surface area contributed by atoms with Crippen LogP contribution >= 0.6 is 11.6 Å². The minimum absolute atomic E-state index is 0.196. The van der Waals surface area contributed by atoms with Crippen LogP contribution in [-0.4, -0.2) is 11.7 Å². The van der Waals surface area contributed by atoms with Crippen LogP contribution in [0.5, 0.6) is 0 Å². The SMILES string of the molecule is C[C@](N)(CO)c1cc(Cl)cc(C#N)c1. The maximum absolute atomic E-state index is 9.05. The summed E-state index contributed by atoms with van der Waals surface area (Å²) in [6.07, 6.45) is 0. The van der Waals surface area contributed by atoms with Crippen molar-refractivity contribution in [1.82, 2.24) is 0 Å². The van der Waals surface area contributed by atoms with Crippen molar-refractivity contribution in [3.05, 3.63) is 34.3 Å². The van der Waals surface area contributed by atoms with Crippen molar-refractivity contribution in [2.45, 2.75) is 12.5 Å². The molecule has 0 saturated heterocycles. The molecule has 1 aromatic rings. The molecule has 0 aliphatic heterocycles. The number of aliphatic hydroxyl groups excluding tert-OH is 1. The van der Waals surface area contributed by atoms with Crippen molar-refractivity contribution in [3.63, 3.8) is 0 Å². The number of hydrogen-bond donors (Lipinski definition) is 2. The highest BCUT2D eigenvalue weighted by atomic mass is 35.5. The molecule has 0 spiro atoms. The first-order valence-electron chi connectivity index (χ1n) is 4.10. The molecule has 1 aromatic carbocycles. The van der Waals surface area contributed by atoms with E-state index in [0.29, 0.717) is 16.1 Å². The lowest BCUT2D eigenvalue weighted by Crippen LogP contribution is -2.36. The zero-order chi connectivity index (χ0) is 10.8. The van der Waals surface area contributed by atoms with Crippen molar-refractivity contribution in [3.8, 4) is 6.07 Å². The minimum Gasteiger partial charge on any atom is -0.394 e. The molecule has 0 aliphatic rings. The van der Waals surface area contributed by atoms with Gasteiger partial charge in [-0.3, -0.25) is 0 Å². The molecule has 74 valence electrons. The normalized spacial score (nSPS) is 14.5. The van der Waals surface area contributed by atoms with E-state index in [2.05, 4.69) is 0 Å². The van der Waals surface area contributed by atoms with Crippen LogP contribution in [0.3, 0.4) is 0 Å². The molecule has 14 heavy (non-hydrogen) atoms. The Morgan fingerprint density at radius 1 is 1.57 bits per heavy atom. The summed E-state index contributed by atoms with van der Waals surface area (Å²) in [6.45, 7) is 1.48. The lowest BCUT2D eigenvalue weighted by atomic mass is 9.93. The Labute approximate surface area is 87.7 Å². The number of nitrogens with two attached hydrogens (primary N) is 1.